The third-order valence-electron chi connectivity index (χ3n) is 6.88. The van der Waals surface area contributed by atoms with Crippen molar-refractivity contribution in [1.29, 1.82) is 0 Å². The van der Waals surface area contributed by atoms with E-state index in [-0.39, 0.29) is 36.6 Å². The number of aliphatic hydroxyl groups is 2. The zero-order valence-corrected chi connectivity index (χ0v) is 19.8. The smallest absolute Gasteiger partial charge is 0.268 e. The Labute approximate surface area is 211 Å². The third kappa shape index (κ3) is 4.35. The lowest BCUT2D eigenvalue weighted by Gasteiger charge is -2.43. The molecule has 38 heavy (non-hydrogen) atoms. The molecule has 0 aliphatic carbocycles. The molecule has 4 heterocycles. The van der Waals surface area contributed by atoms with Crippen molar-refractivity contribution in [3.63, 3.8) is 0 Å². The topological polar surface area (TPSA) is 130 Å². The standard InChI is InChI=1S/C22H23F5N6O5/c1-36-20-14(4-10-5-33(31-28-10)22(21(26)27)8-37-9-22)38-15(7-34)19(35)18(20)32-6-13(29-30-32)11-2-3-12(23)17(25)16(11)24/h2-3,5-6,14-15,18-21,34-35H,4,7-9H2,1H3/t14-,15-,18+,19+,20+/m1/s1. The molecule has 0 radical (unpaired) electrons. The van der Waals surface area contributed by atoms with Gasteiger partial charge >= 0.3 is 0 Å². The van der Waals surface area contributed by atoms with Crippen molar-refractivity contribution in [3.05, 3.63) is 47.7 Å². The van der Waals surface area contributed by atoms with Crippen LogP contribution in [0.5, 0.6) is 0 Å². The molecule has 3 aromatic rings. The van der Waals surface area contributed by atoms with E-state index in [9.17, 15) is 32.2 Å². The predicted octanol–water partition coefficient (Wildman–Crippen LogP) is 0.864. The van der Waals surface area contributed by atoms with Crippen LogP contribution in [0, 0.1) is 17.5 Å². The van der Waals surface area contributed by atoms with Crippen molar-refractivity contribution < 1.29 is 46.4 Å². The van der Waals surface area contributed by atoms with Crippen LogP contribution in [0.3, 0.4) is 0 Å². The summed E-state index contributed by atoms with van der Waals surface area (Å²) in [5.74, 6) is -4.50. The molecule has 2 N–H and O–H groups in total. The van der Waals surface area contributed by atoms with Gasteiger partial charge in [-0.1, -0.05) is 10.4 Å². The van der Waals surface area contributed by atoms with Gasteiger partial charge in [-0.15, -0.1) is 10.2 Å². The van der Waals surface area contributed by atoms with Gasteiger partial charge in [0.2, 0.25) is 0 Å². The van der Waals surface area contributed by atoms with Crippen LogP contribution in [0.1, 0.15) is 11.7 Å². The Morgan fingerprint density at radius 1 is 1.11 bits per heavy atom. The van der Waals surface area contributed by atoms with Crippen molar-refractivity contribution in [2.75, 3.05) is 26.9 Å². The zero-order chi connectivity index (χ0) is 27.2. The normalized spacial score (nSPS) is 27.0. The van der Waals surface area contributed by atoms with Crippen LogP contribution in [0.15, 0.2) is 24.5 Å². The second-order valence-corrected chi connectivity index (χ2v) is 9.14. The Morgan fingerprint density at radius 2 is 1.87 bits per heavy atom. The van der Waals surface area contributed by atoms with E-state index in [0.29, 0.717) is 0 Å². The Balaban J connectivity index is 1.43. The lowest BCUT2D eigenvalue weighted by atomic mass is 9.90. The summed E-state index contributed by atoms with van der Waals surface area (Å²) in [6, 6.07) is 0.707. The molecule has 2 aliphatic rings. The van der Waals surface area contributed by atoms with Crippen LogP contribution in [-0.4, -0.2) is 98.0 Å². The third-order valence-corrected chi connectivity index (χ3v) is 6.88. The molecule has 2 aromatic heterocycles. The van der Waals surface area contributed by atoms with Crippen LogP contribution < -0.4 is 0 Å². The fourth-order valence-corrected chi connectivity index (χ4v) is 4.68. The number of methoxy groups -OCH3 is 1. The number of halogens is 5. The highest BCUT2D eigenvalue weighted by Gasteiger charge is 2.51. The fraction of sp³-hybridized carbons (Fsp3) is 0.545. The van der Waals surface area contributed by atoms with E-state index in [1.165, 1.54) is 19.5 Å². The molecule has 2 aliphatic heterocycles. The molecule has 5 rings (SSSR count). The molecular formula is C22H23F5N6O5. The van der Waals surface area contributed by atoms with Crippen molar-refractivity contribution in [1.82, 2.24) is 30.0 Å². The van der Waals surface area contributed by atoms with Crippen LogP contribution >= 0.6 is 0 Å². The molecule has 0 bridgehead atoms. The number of aliphatic hydroxyl groups excluding tert-OH is 2. The number of hydrogen-bond donors (Lipinski definition) is 2. The monoisotopic (exact) mass is 546 g/mol. The van der Waals surface area contributed by atoms with Crippen molar-refractivity contribution in [2.24, 2.45) is 0 Å². The van der Waals surface area contributed by atoms with Gasteiger partial charge in [-0.25, -0.2) is 31.3 Å². The molecule has 0 spiro atoms. The second kappa shape index (κ2) is 10.3. The minimum absolute atomic E-state index is 0.00222. The van der Waals surface area contributed by atoms with Gasteiger partial charge in [0.05, 0.1) is 37.8 Å². The molecule has 5 atom stereocenters. The summed E-state index contributed by atoms with van der Waals surface area (Å²) in [5, 5.41) is 36.3. The van der Waals surface area contributed by atoms with Gasteiger partial charge in [0.25, 0.3) is 6.43 Å². The summed E-state index contributed by atoms with van der Waals surface area (Å²) in [4.78, 5) is 0. The van der Waals surface area contributed by atoms with Crippen molar-refractivity contribution in [2.45, 2.75) is 48.8 Å². The van der Waals surface area contributed by atoms with Crippen LogP contribution in [0.25, 0.3) is 11.3 Å². The van der Waals surface area contributed by atoms with E-state index >= 15 is 0 Å². The summed E-state index contributed by atoms with van der Waals surface area (Å²) >= 11 is 0. The summed E-state index contributed by atoms with van der Waals surface area (Å²) in [5.41, 5.74) is -1.84. The number of hydrogen-bond acceptors (Lipinski definition) is 9. The first-order chi connectivity index (χ1) is 18.2. The average Bonchev–Trinajstić information content (AvgIpc) is 3.52. The number of alkyl halides is 2. The van der Waals surface area contributed by atoms with E-state index in [2.05, 4.69) is 20.6 Å². The lowest BCUT2D eigenvalue weighted by Crippen LogP contribution is -2.57. The Kier molecular flexibility index (Phi) is 7.17. The van der Waals surface area contributed by atoms with Crippen LogP contribution in [0.4, 0.5) is 22.0 Å². The molecule has 1 aromatic carbocycles. The molecule has 2 fully saturated rings. The predicted molar refractivity (Wildman–Crippen MR) is 115 cm³/mol. The van der Waals surface area contributed by atoms with Crippen molar-refractivity contribution >= 4 is 0 Å². The Hall–Kier alpha value is -3.05. The number of rotatable bonds is 8. The van der Waals surface area contributed by atoms with E-state index in [4.69, 9.17) is 14.2 Å². The minimum atomic E-state index is -2.73. The maximum absolute atomic E-state index is 14.3. The van der Waals surface area contributed by atoms with Gasteiger partial charge < -0.3 is 24.4 Å². The molecule has 0 unspecified atom stereocenters. The number of aromatic nitrogens is 6. The summed E-state index contributed by atoms with van der Waals surface area (Å²) in [6.07, 6.45) is -4.49. The summed E-state index contributed by atoms with van der Waals surface area (Å²) in [6.45, 7) is -1.03. The zero-order valence-electron chi connectivity index (χ0n) is 19.8. The molecular weight excluding hydrogens is 523 g/mol. The Bertz CT molecular complexity index is 1290. The van der Waals surface area contributed by atoms with E-state index < -0.39 is 66.5 Å². The van der Waals surface area contributed by atoms with Crippen LogP contribution in [-0.2, 0) is 26.2 Å². The number of ether oxygens (including phenoxy) is 3. The molecule has 2 saturated heterocycles. The van der Waals surface area contributed by atoms with E-state index in [1.54, 1.807) is 0 Å². The number of nitrogens with zero attached hydrogens (tertiary/aromatic N) is 6. The SMILES string of the molecule is CO[C@@H]1[C@@H](n2cc(-c3ccc(F)c(F)c3F)nn2)[C@@H](O)[C@@H](CO)O[C@@H]1Cc1cn(C2(C(F)F)COC2)nn1. The fourth-order valence-electron chi connectivity index (χ4n) is 4.68. The van der Waals surface area contributed by atoms with Gasteiger partial charge in [0.1, 0.15) is 30.0 Å². The molecule has 11 nitrogen and oxygen atoms in total. The van der Waals surface area contributed by atoms with Crippen LogP contribution in [0.2, 0.25) is 0 Å². The maximum atomic E-state index is 14.3. The molecule has 0 saturated carbocycles. The van der Waals surface area contributed by atoms with Gasteiger partial charge in [0.15, 0.2) is 23.0 Å². The minimum Gasteiger partial charge on any atom is -0.394 e. The quantitative estimate of drug-likeness (QED) is 0.312. The van der Waals surface area contributed by atoms with Gasteiger partial charge in [-0.2, -0.15) is 0 Å². The molecule has 0 amide bonds. The highest BCUT2D eigenvalue weighted by atomic mass is 19.3. The van der Waals surface area contributed by atoms with Gasteiger partial charge in [0, 0.05) is 25.3 Å². The maximum Gasteiger partial charge on any atom is 0.268 e. The Morgan fingerprint density at radius 3 is 2.50 bits per heavy atom. The first-order valence-corrected chi connectivity index (χ1v) is 11.5. The molecule has 206 valence electrons. The highest BCUT2D eigenvalue weighted by Crippen LogP contribution is 2.36. The first-order valence-electron chi connectivity index (χ1n) is 11.5. The summed E-state index contributed by atoms with van der Waals surface area (Å²) < 4.78 is 87.3. The second-order valence-electron chi connectivity index (χ2n) is 9.14. The van der Waals surface area contributed by atoms with Gasteiger partial charge in [-0.3, -0.25) is 0 Å². The van der Waals surface area contributed by atoms with E-state index in [1.807, 2.05) is 0 Å². The summed E-state index contributed by atoms with van der Waals surface area (Å²) in [7, 11) is 1.33. The average molecular weight is 546 g/mol. The largest absolute Gasteiger partial charge is 0.394 e. The highest BCUT2D eigenvalue weighted by molar-refractivity contribution is 5.58. The number of benzene rings is 1. The van der Waals surface area contributed by atoms with E-state index in [0.717, 1.165) is 21.5 Å². The first kappa shape index (κ1) is 26.6. The van der Waals surface area contributed by atoms with Crippen molar-refractivity contribution in [3.8, 4) is 11.3 Å². The molecule has 16 heteroatoms. The lowest BCUT2D eigenvalue weighted by molar-refractivity contribution is -0.212. The van der Waals surface area contributed by atoms with Gasteiger partial charge in [-0.05, 0) is 12.1 Å².